The molecule has 19 heavy (non-hydrogen) atoms. The van der Waals surface area contributed by atoms with Crippen LogP contribution in [0.5, 0.6) is 0 Å². The summed E-state index contributed by atoms with van der Waals surface area (Å²) in [5.41, 5.74) is 6.63. The van der Waals surface area contributed by atoms with E-state index in [1.165, 1.54) is 0 Å². The zero-order valence-corrected chi connectivity index (χ0v) is 11.6. The second kappa shape index (κ2) is 6.52. The standard InChI is InChI=1S/C14H18N2O2S/c15-13(19)12-7-4-8-16(9-12)14(17)18-10-11-5-2-1-3-6-11/h1-3,5-6,12H,4,7-10H2,(H2,15,19). The highest BCUT2D eigenvalue weighted by Crippen LogP contribution is 2.17. The summed E-state index contributed by atoms with van der Waals surface area (Å²) < 4.78 is 5.30. The number of piperidine rings is 1. The van der Waals surface area contributed by atoms with Crippen molar-refractivity contribution < 1.29 is 9.53 Å². The number of ether oxygens (including phenoxy) is 1. The van der Waals surface area contributed by atoms with Gasteiger partial charge in [-0.2, -0.15) is 0 Å². The first kappa shape index (κ1) is 13.8. The van der Waals surface area contributed by atoms with Gasteiger partial charge in [0.1, 0.15) is 6.61 Å². The lowest BCUT2D eigenvalue weighted by molar-refractivity contribution is 0.0851. The van der Waals surface area contributed by atoms with E-state index in [9.17, 15) is 4.79 Å². The van der Waals surface area contributed by atoms with Crippen LogP contribution in [0.2, 0.25) is 0 Å². The molecule has 1 amide bonds. The van der Waals surface area contributed by atoms with Crippen molar-refractivity contribution in [1.29, 1.82) is 0 Å². The Labute approximate surface area is 118 Å². The molecule has 0 saturated carbocycles. The van der Waals surface area contributed by atoms with E-state index in [1.54, 1.807) is 4.90 Å². The fourth-order valence-corrected chi connectivity index (χ4v) is 2.38. The topological polar surface area (TPSA) is 55.6 Å². The number of likely N-dealkylation sites (tertiary alicyclic amines) is 1. The molecule has 1 atom stereocenters. The predicted molar refractivity (Wildman–Crippen MR) is 77.7 cm³/mol. The number of benzene rings is 1. The molecule has 1 heterocycles. The molecule has 1 aromatic carbocycles. The van der Waals surface area contributed by atoms with Crippen molar-refractivity contribution in [2.24, 2.45) is 11.7 Å². The van der Waals surface area contributed by atoms with Crippen molar-refractivity contribution in [1.82, 2.24) is 4.90 Å². The van der Waals surface area contributed by atoms with Gasteiger partial charge in [0, 0.05) is 19.0 Å². The Morgan fingerprint density at radius 1 is 1.42 bits per heavy atom. The second-order valence-electron chi connectivity index (χ2n) is 4.73. The van der Waals surface area contributed by atoms with E-state index in [-0.39, 0.29) is 12.0 Å². The molecule has 1 aliphatic heterocycles. The maximum absolute atomic E-state index is 12.0. The van der Waals surface area contributed by atoms with Crippen LogP contribution in [0.1, 0.15) is 18.4 Å². The number of hydrogen-bond acceptors (Lipinski definition) is 3. The van der Waals surface area contributed by atoms with Crippen molar-refractivity contribution in [3.63, 3.8) is 0 Å². The molecule has 1 fully saturated rings. The maximum Gasteiger partial charge on any atom is 0.410 e. The third-order valence-electron chi connectivity index (χ3n) is 3.29. The predicted octanol–water partition coefficient (Wildman–Crippen LogP) is 2.32. The van der Waals surface area contributed by atoms with Gasteiger partial charge in [-0.1, -0.05) is 42.5 Å². The number of carbonyl (C=O) groups excluding carboxylic acids is 1. The first-order valence-electron chi connectivity index (χ1n) is 6.42. The van der Waals surface area contributed by atoms with Crippen LogP contribution in [0.3, 0.4) is 0 Å². The highest BCUT2D eigenvalue weighted by atomic mass is 32.1. The summed E-state index contributed by atoms with van der Waals surface area (Å²) in [6.45, 7) is 1.59. The van der Waals surface area contributed by atoms with Gasteiger partial charge >= 0.3 is 6.09 Å². The molecule has 0 aromatic heterocycles. The average Bonchev–Trinajstić information content (AvgIpc) is 2.46. The van der Waals surface area contributed by atoms with E-state index in [0.29, 0.717) is 24.7 Å². The van der Waals surface area contributed by atoms with E-state index in [2.05, 4.69) is 0 Å². The van der Waals surface area contributed by atoms with Gasteiger partial charge in [-0.05, 0) is 18.4 Å². The molecular formula is C14H18N2O2S. The molecule has 0 radical (unpaired) electrons. The summed E-state index contributed by atoms with van der Waals surface area (Å²) in [6, 6.07) is 9.64. The van der Waals surface area contributed by atoms with Crippen molar-refractivity contribution in [3.05, 3.63) is 35.9 Å². The summed E-state index contributed by atoms with van der Waals surface area (Å²) in [5.74, 6) is 0.119. The van der Waals surface area contributed by atoms with Crippen molar-refractivity contribution in [2.45, 2.75) is 19.4 Å². The molecule has 0 aliphatic carbocycles. The Balaban J connectivity index is 1.84. The monoisotopic (exact) mass is 278 g/mol. The van der Waals surface area contributed by atoms with Gasteiger partial charge in [0.2, 0.25) is 0 Å². The first-order chi connectivity index (χ1) is 9.16. The SMILES string of the molecule is NC(=S)C1CCCN(C(=O)OCc2ccccc2)C1. The fourth-order valence-electron chi connectivity index (χ4n) is 2.19. The second-order valence-corrected chi connectivity index (χ2v) is 5.20. The van der Waals surface area contributed by atoms with Gasteiger partial charge in [0.25, 0.3) is 0 Å². The molecule has 1 unspecified atom stereocenters. The van der Waals surface area contributed by atoms with Crippen LogP contribution in [-0.2, 0) is 11.3 Å². The molecule has 5 heteroatoms. The Morgan fingerprint density at radius 2 is 2.16 bits per heavy atom. The van der Waals surface area contributed by atoms with Crippen molar-refractivity contribution in [2.75, 3.05) is 13.1 Å². The van der Waals surface area contributed by atoms with Crippen LogP contribution in [0, 0.1) is 5.92 Å². The highest BCUT2D eigenvalue weighted by molar-refractivity contribution is 7.80. The number of amides is 1. The average molecular weight is 278 g/mol. The summed E-state index contributed by atoms with van der Waals surface area (Å²) in [6.07, 6.45) is 1.59. The highest BCUT2D eigenvalue weighted by Gasteiger charge is 2.26. The fraction of sp³-hybridized carbons (Fsp3) is 0.429. The number of carbonyl (C=O) groups is 1. The molecule has 4 nitrogen and oxygen atoms in total. The van der Waals surface area contributed by atoms with E-state index < -0.39 is 0 Å². The Hall–Kier alpha value is -1.62. The lowest BCUT2D eigenvalue weighted by Gasteiger charge is -2.31. The van der Waals surface area contributed by atoms with Crippen LogP contribution in [0.4, 0.5) is 4.79 Å². The number of thiocarbonyl (C=S) groups is 1. The van der Waals surface area contributed by atoms with E-state index in [1.807, 2.05) is 30.3 Å². The molecule has 102 valence electrons. The Bertz CT molecular complexity index is 450. The molecule has 2 rings (SSSR count). The van der Waals surface area contributed by atoms with Crippen molar-refractivity contribution in [3.8, 4) is 0 Å². The quantitative estimate of drug-likeness (QED) is 0.862. The minimum atomic E-state index is -0.287. The normalized spacial score (nSPS) is 18.9. The van der Waals surface area contributed by atoms with Crippen LogP contribution >= 0.6 is 12.2 Å². The van der Waals surface area contributed by atoms with Gasteiger partial charge in [0.05, 0.1) is 4.99 Å². The van der Waals surface area contributed by atoms with E-state index in [4.69, 9.17) is 22.7 Å². The zero-order chi connectivity index (χ0) is 13.7. The summed E-state index contributed by atoms with van der Waals surface area (Å²) in [4.78, 5) is 14.1. The van der Waals surface area contributed by atoms with E-state index in [0.717, 1.165) is 18.4 Å². The van der Waals surface area contributed by atoms with Crippen LogP contribution in [-0.4, -0.2) is 29.1 Å². The van der Waals surface area contributed by atoms with Gasteiger partial charge in [0.15, 0.2) is 0 Å². The van der Waals surface area contributed by atoms with Crippen LogP contribution in [0.15, 0.2) is 30.3 Å². The minimum Gasteiger partial charge on any atom is -0.445 e. The molecular weight excluding hydrogens is 260 g/mol. The Morgan fingerprint density at radius 3 is 2.84 bits per heavy atom. The van der Waals surface area contributed by atoms with Gasteiger partial charge in [-0.3, -0.25) is 0 Å². The lowest BCUT2D eigenvalue weighted by Crippen LogP contribution is -2.43. The first-order valence-corrected chi connectivity index (χ1v) is 6.82. The smallest absolute Gasteiger partial charge is 0.410 e. The molecule has 1 aromatic rings. The molecule has 0 bridgehead atoms. The van der Waals surface area contributed by atoms with Crippen LogP contribution < -0.4 is 5.73 Å². The molecule has 2 N–H and O–H groups in total. The largest absolute Gasteiger partial charge is 0.445 e. The van der Waals surface area contributed by atoms with Crippen molar-refractivity contribution >= 4 is 23.3 Å². The molecule has 0 spiro atoms. The van der Waals surface area contributed by atoms with Gasteiger partial charge in [-0.25, -0.2) is 4.79 Å². The summed E-state index contributed by atoms with van der Waals surface area (Å²) in [7, 11) is 0. The molecule has 1 aliphatic rings. The van der Waals surface area contributed by atoms with E-state index >= 15 is 0 Å². The summed E-state index contributed by atoms with van der Waals surface area (Å²) >= 11 is 5.00. The third kappa shape index (κ3) is 3.92. The number of hydrogen-bond donors (Lipinski definition) is 1. The third-order valence-corrected chi connectivity index (χ3v) is 3.62. The number of nitrogens with two attached hydrogens (primary N) is 1. The molecule has 1 saturated heterocycles. The minimum absolute atomic E-state index is 0.119. The van der Waals surface area contributed by atoms with Gasteiger partial charge in [-0.15, -0.1) is 0 Å². The number of rotatable bonds is 3. The Kier molecular flexibility index (Phi) is 4.74. The van der Waals surface area contributed by atoms with Gasteiger partial charge < -0.3 is 15.4 Å². The maximum atomic E-state index is 12.0. The number of nitrogens with zero attached hydrogens (tertiary/aromatic N) is 1. The van der Waals surface area contributed by atoms with Crippen LogP contribution in [0.25, 0.3) is 0 Å². The summed E-state index contributed by atoms with van der Waals surface area (Å²) in [5, 5.41) is 0. The lowest BCUT2D eigenvalue weighted by atomic mass is 9.99. The zero-order valence-electron chi connectivity index (χ0n) is 10.7.